The molecule has 7 nitrogen and oxygen atoms in total. The molecule has 0 bridgehead atoms. The van der Waals surface area contributed by atoms with Crippen molar-refractivity contribution in [3.63, 3.8) is 0 Å². The van der Waals surface area contributed by atoms with Crippen LogP contribution in [0.3, 0.4) is 0 Å². The van der Waals surface area contributed by atoms with Gasteiger partial charge >= 0.3 is 0 Å². The lowest BCUT2D eigenvalue weighted by Gasteiger charge is -2.22. The third-order valence-electron chi connectivity index (χ3n) is 5.55. The Labute approximate surface area is 175 Å². The number of para-hydroxylation sites is 2. The van der Waals surface area contributed by atoms with Crippen molar-refractivity contribution >= 4 is 28.5 Å². The number of ether oxygens (including phenoxy) is 1. The first-order valence-electron chi connectivity index (χ1n) is 10.2. The molecule has 4 rings (SSSR count). The number of H-pyrrole nitrogens is 1. The van der Waals surface area contributed by atoms with E-state index in [-0.39, 0.29) is 30.2 Å². The Morgan fingerprint density at radius 3 is 2.60 bits per heavy atom. The molecule has 0 radical (unpaired) electrons. The van der Waals surface area contributed by atoms with E-state index in [2.05, 4.69) is 15.3 Å². The van der Waals surface area contributed by atoms with Crippen molar-refractivity contribution in [3.8, 4) is 5.75 Å². The first kappa shape index (κ1) is 19.9. The van der Waals surface area contributed by atoms with Crippen molar-refractivity contribution in [1.29, 1.82) is 0 Å². The van der Waals surface area contributed by atoms with Gasteiger partial charge in [0.1, 0.15) is 11.6 Å². The second kappa shape index (κ2) is 8.18. The maximum absolute atomic E-state index is 13.0. The molecular formula is C23H26N4O3. The lowest BCUT2D eigenvalue weighted by atomic mass is 10.0. The molecule has 2 amide bonds. The van der Waals surface area contributed by atoms with Crippen molar-refractivity contribution in [3.05, 3.63) is 54.4 Å². The number of aromatic nitrogens is 2. The first-order chi connectivity index (χ1) is 14.5. The van der Waals surface area contributed by atoms with Crippen LogP contribution in [0, 0.1) is 11.8 Å². The number of nitrogens with zero attached hydrogens (tertiary/aromatic N) is 2. The van der Waals surface area contributed by atoms with Gasteiger partial charge in [-0.05, 0) is 42.3 Å². The molecule has 2 atom stereocenters. The van der Waals surface area contributed by atoms with Gasteiger partial charge in [-0.15, -0.1) is 0 Å². The van der Waals surface area contributed by atoms with Gasteiger partial charge in [0, 0.05) is 18.7 Å². The molecule has 0 aliphatic carbocycles. The molecule has 1 aromatic heterocycles. The van der Waals surface area contributed by atoms with Gasteiger partial charge in [0.05, 0.1) is 30.1 Å². The smallest absolute Gasteiger partial charge is 0.227 e. The van der Waals surface area contributed by atoms with Gasteiger partial charge in [-0.1, -0.05) is 26.0 Å². The number of amides is 2. The van der Waals surface area contributed by atoms with Crippen molar-refractivity contribution in [2.75, 3.05) is 18.6 Å². The topological polar surface area (TPSA) is 87.3 Å². The van der Waals surface area contributed by atoms with Crippen LogP contribution >= 0.6 is 0 Å². The van der Waals surface area contributed by atoms with Gasteiger partial charge in [-0.3, -0.25) is 9.59 Å². The molecule has 7 heteroatoms. The second-order valence-electron chi connectivity index (χ2n) is 7.97. The Hall–Kier alpha value is -3.35. The number of nitrogens with one attached hydrogen (secondary N) is 2. The second-order valence-corrected chi connectivity index (χ2v) is 7.97. The van der Waals surface area contributed by atoms with Gasteiger partial charge in [-0.25, -0.2) is 4.98 Å². The van der Waals surface area contributed by atoms with Crippen LogP contribution in [0.1, 0.15) is 32.1 Å². The van der Waals surface area contributed by atoms with E-state index in [0.29, 0.717) is 6.54 Å². The number of benzene rings is 2. The fraction of sp³-hybridized carbons (Fsp3) is 0.348. The summed E-state index contributed by atoms with van der Waals surface area (Å²) >= 11 is 0. The van der Waals surface area contributed by atoms with Crippen LogP contribution in [0.15, 0.2) is 48.5 Å². The highest BCUT2D eigenvalue weighted by atomic mass is 16.5. The fourth-order valence-corrected chi connectivity index (χ4v) is 3.84. The molecule has 1 fully saturated rings. The summed E-state index contributed by atoms with van der Waals surface area (Å²) in [4.78, 5) is 35.2. The molecule has 2 N–H and O–H groups in total. The van der Waals surface area contributed by atoms with Crippen LogP contribution in [0.5, 0.6) is 5.75 Å². The molecular weight excluding hydrogens is 380 g/mol. The van der Waals surface area contributed by atoms with E-state index < -0.39 is 5.92 Å². The van der Waals surface area contributed by atoms with Crippen LogP contribution in [0.2, 0.25) is 0 Å². The zero-order valence-electron chi connectivity index (χ0n) is 17.4. The number of carbonyl (C=O) groups excluding carboxylic acids is 2. The molecule has 2 heterocycles. The maximum Gasteiger partial charge on any atom is 0.227 e. The minimum absolute atomic E-state index is 0.0508. The highest BCUT2D eigenvalue weighted by molar-refractivity contribution is 6.00. The summed E-state index contributed by atoms with van der Waals surface area (Å²) in [6.45, 7) is 4.45. The minimum Gasteiger partial charge on any atom is -0.497 e. The Balaban J connectivity index is 1.48. The highest BCUT2D eigenvalue weighted by Gasteiger charge is 2.36. The first-order valence-corrected chi connectivity index (χ1v) is 10.2. The third-order valence-corrected chi connectivity index (χ3v) is 5.55. The third kappa shape index (κ3) is 3.87. The van der Waals surface area contributed by atoms with Gasteiger partial charge in [-0.2, -0.15) is 0 Å². The van der Waals surface area contributed by atoms with Crippen molar-refractivity contribution in [2.24, 2.45) is 11.8 Å². The van der Waals surface area contributed by atoms with E-state index in [0.717, 1.165) is 28.3 Å². The molecule has 1 saturated heterocycles. The van der Waals surface area contributed by atoms with Crippen molar-refractivity contribution < 1.29 is 14.3 Å². The largest absolute Gasteiger partial charge is 0.497 e. The van der Waals surface area contributed by atoms with Crippen LogP contribution in [-0.4, -0.2) is 35.4 Å². The Bertz CT molecular complexity index is 1020. The van der Waals surface area contributed by atoms with Gasteiger partial charge in [0.2, 0.25) is 11.8 Å². The van der Waals surface area contributed by atoms with E-state index in [1.807, 2.05) is 62.4 Å². The average molecular weight is 406 g/mol. The number of imidazole rings is 1. The average Bonchev–Trinajstić information content (AvgIpc) is 3.35. The zero-order chi connectivity index (χ0) is 21.3. The van der Waals surface area contributed by atoms with E-state index in [1.165, 1.54) is 0 Å². The number of carbonyl (C=O) groups is 2. The molecule has 1 aliphatic rings. The monoisotopic (exact) mass is 406 g/mol. The maximum atomic E-state index is 13.0. The van der Waals surface area contributed by atoms with Crippen LogP contribution in [0.4, 0.5) is 5.69 Å². The lowest BCUT2D eigenvalue weighted by Crippen LogP contribution is -2.38. The predicted octanol–water partition coefficient (Wildman–Crippen LogP) is 3.44. The number of anilines is 1. The molecule has 1 aliphatic heterocycles. The van der Waals surface area contributed by atoms with E-state index in [4.69, 9.17) is 4.74 Å². The summed E-state index contributed by atoms with van der Waals surface area (Å²) < 4.78 is 5.17. The molecule has 0 saturated carbocycles. The summed E-state index contributed by atoms with van der Waals surface area (Å²) in [6, 6.07) is 14.8. The number of fused-ring (bicyclic) bond motifs is 1. The molecule has 156 valence electrons. The molecule has 30 heavy (non-hydrogen) atoms. The number of aromatic amines is 1. The SMILES string of the molecule is COc1ccc(N2C[C@H](C(=O)N[C@@H](c3nc4ccccc4[nH]3)C(C)C)CC2=O)cc1. The Morgan fingerprint density at radius 2 is 1.93 bits per heavy atom. The van der Waals surface area contributed by atoms with E-state index >= 15 is 0 Å². The number of methoxy groups -OCH3 is 1. The van der Waals surface area contributed by atoms with Gasteiger partial charge < -0.3 is 19.9 Å². The van der Waals surface area contributed by atoms with Crippen LogP contribution in [-0.2, 0) is 9.59 Å². The predicted molar refractivity (Wildman–Crippen MR) is 115 cm³/mol. The summed E-state index contributed by atoms with van der Waals surface area (Å²) in [7, 11) is 1.60. The van der Waals surface area contributed by atoms with Crippen molar-refractivity contribution in [2.45, 2.75) is 26.3 Å². The number of rotatable bonds is 6. The normalized spacial score (nSPS) is 17.5. The van der Waals surface area contributed by atoms with Crippen LogP contribution < -0.4 is 15.0 Å². The van der Waals surface area contributed by atoms with Gasteiger partial charge in [0.15, 0.2) is 0 Å². The van der Waals surface area contributed by atoms with Crippen LogP contribution in [0.25, 0.3) is 11.0 Å². The molecule has 2 aromatic carbocycles. The summed E-state index contributed by atoms with van der Waals surface area (Å²) in [5.74, 6) is 1.03. The Kier molecular flexibility index (Phi) is 5.44. The highest BCUT2D eigenvalue weighted by Crippen LogP contribution is 2.28. The number of hydrogen-bond acceptors (Lipinski definition) is 4. The standard InChI is InChI=1S/C23H26N4O3/c1-14(2)21(22-24-18-6-4-5-7-19(18)25-22)26-23(29)15-12-20(28)27(13-15)16-8-10-17(30-3)11-9-16/h4-11,14-15,21H,12-13H2,1-3H3,(H,24,25)(H,26,29)/t15-,21-/m1/s1. The van der Waals surface area contributed by atoms with E-state index in [9.17, 15) is 9.59 Å². The summed E-state index contributed by atoms with van der Waals surface area (Å²) in [6.07, 6.45) is 0.197. The van der Waals surface area contributed by atoms with Gasteiger partial charge in [0.25, 0.3) is 0 Å². The molecule has 3 aromatic rings. The summed E-state index contributed by atoms with van der Waals surface area (Å²) in [5.41, 5.74) is 2.58. The molecule has 0 spiro atoms. The quantitative estimate of drug-likeness (QED) is 0.656. The number of hydrogen-bond donors (Lipinski definition) is 2. The zero-order valence-corrected chi connectivity index (χ0v) is 17.4. The lowest BCUT2D eigenvalue weighted by molar-refractivity contribution is -0.127. The van der Waals surface area contributed by atoms with E-state index in [1.54, 1.807) is 12.0 Å². The summed E-state index contributed by atoms with van der Waals surface area (Å²) in [5, 5.41) is 3.11. The Morgan fingerprint density at radius 1 is 1.20 bits per heavy atom. The fourth-order valence-electron chi connectivity index (χ4n) is 3.84. The van der Waals surface area contributed by atoms with Crippen molar-refractivity contribution in [1.82, 2.24) is 15.3 Å². The molecule has 0 unspecified atom stereocenters. The minimum atomic E-state index is -0.398.